The fraction of sp³-hybridized carbons (Fsp3) is 0.417. The van der Waals surface area contributed by atoms with Crippen LogP contribution in [0, 0.1) is 6.92 Å². The monoisotopic (exact) mass is 192 g/mol. The second-order valence-corrected chi connectivity index (χ2v) is 3.40. The van der Waals surface area contributed by atoms with Gasteiger partial charge in [-0.1, -0.05) is 31.0 Å². The van der Waals surface area contributed by atoms with E-state index in [4.69, 9.17) is 4.74 Å². The molecule has 0 saturated carbocycles. The van der Waals surface area contributed by atoms with Gasteiger partial charge in [0.1, 0.15) is 0 Å². The lowest BCUT2D eigenvalue weighted by Crippen LogP contribution is -2.05. The Bertz CT molecular complexity index is 329. The second kappa shape index (κ2) is 4.80. The maximum atomic E-state index is 11.4. The van der Waals surface area contributed by atoms with Crippen molar-refractivity contribution in [3.05, 3.63) is 34.9 Å². The Morgan fingerprint density at radius 3 is 2.71 bits per heavy atom. The summed E-state index contributed by atoms with van der Waals surface area (Å²) >= 11 is 0. The molecule has 14 heavy (non-hydrogen) atoms. The molecule has 2 heteroatoms. The molecule has 0 saturated heterocycles. The highest BCUT2D eigenvalue weighted by Gasteiger charge is 2.10. The zero-order chi connectivity index (χ0) is 10.6. The van der Waals surface area contributed by atoms with Crippen molar-refractivity contribution in [1.29, 1.82) is 0 Å². The largest absolute Gasteiger partial charge is 0.465 e. The third kappa shape index (κ3) is 2.34. The van der Waals surface area contributed by atoms with Crippen LogP contribution in [0.5, 0.6) is 0 Å². The Balaban J connectivity index is 3.07. The minimum atomic E-state index is -0.242. The summed E-state index contributed by atoms with van der Waals surface area (Å²) in [4.78, 5) is 11.4. The van der Waals surface area contributed by atoms with Crippen molar-refractivity contribution in [2.24, 2.45) is 0 Å². The molecular formula is C12H16O2. The summed E-state index contributed by atoms with van der Waals surface area (Å²) in [7, 11) is 1.41. The molecule has 0 heterocycles. The van der Waals surface area contributed by atoms with Gasteiger partial charge in [0, 0.05) is 0 Å². The number of benzene rings is 1. The number of carbonyl (C=O) groups excluding carboxylic acids is 1. The third-order valence-electron chi connectivity index (χ3n) is 2.19. The minimum Gasteiger partial charge on any atom is -0.465 e. The van der Waals surface area contributed by atoms with Crippen molar-refractivity contribution in [3.63, 3.8) is 0 Å². The molecule has 0 atom stereocenters. The van der Waals surface area contributed by atoms with Gasteiger partial charge in [0.25, 0.3) is 0 Å². The van der Waals surface area contributed by atoms with E-state index in [1.54, 1.807) is 0 Å². The SMILES string of the molecule is CCCc1cc(C)ccc1C(=O)OC. The molecule has 0 radical (unpaired) electrons. The molecule has 0 aliphatic heterocycles. The van der Waals surface area contributed by atoms with Gasteiger partial charge in [-0.15, -0.1) is 0 Å². The zero-order valence-electron chi connectivity index (χ0n) is 8.96. The molecule has 76 valence electrons. The highest BCUT2D eigenvalue weighted by molar-refractivity contribution is 5.91. The molecule has 0 aliphatic carbocycles. The van der Waals surface area contributed by atoms with Gasteiger partial charge in [-0.25, -0.2) is 4.79 Å². The predicted molar refractivity (Wildman–Crippen MR) is 56.5 cm³/mol. The highest BCUT2D eigenvalue weighted by atomic mass is 16.5. The van der Waals surface area contributed by atoms with Crippen molar-refractivity contribution in [2.45, 2.75) is 26.7 Å². The van der Waals surface area contributed by atoms with Crippen LogP contribution >= 0.6 is 0 Å². The third-order valence-corrected chi connectivity index (χ3v) is 2.19. The average molecular weight is 192 g/mol. The highest BCUT2D eigenvalue weighted by Crippen LogP contribution is 2.14. The number of aryl methyl sites for hydroxylation is 2. The van der Waals surface area contributed by atoms with E-state index in [9.17, 15) is 4.79 Å². The van der Waals surface area contributed by atoms with E-state index >= 15 is 0 Å². The van der Waals surface area contributed by atoms with E-state index < -0.39 is 0 Å². The van der Waals surface area contributed by atoms with Crippen LogP contribution in [0.2, 0.25) is 0 Å². The predicted octanol–water partition coefficient (Wildman–Crippen LogP) is 2.73. The molecule has 1 aromatic carbocycles. The van der Waals surface area contributed by atoms with E-state index in [1.807, 2.05) is 19.1 Å². The topological polar surface area (TPSA) is 26.3 Å². The first-order chi connectivity index (χ1) is 6.69. The lowest BCUT2D eigenvalue weighted by Gasteiger charge is -2.07. The molecule has 0 unspecified atom stereocenters. The Hall–Kier alpha value is -1.31. The van der Waals surface area contributed by atoms with Crippen LogP contribution in [0.15, 0.2) is 18.2 Å². The van der Waals surface area contributed by atoms with Crippen molar-refractivity contribution >= 4 is 5.97 Å². The van der Waals surface area contributed by atoms with Gasteiger partial charge in [0.15, 0.2) is 0 Å². The number of rotatable bonds is 3. The van der Waals surface area contributed by atoms with E-state index in [0.29, 0.717) is 5.56 Å². The second-order valence-electron chi connectivity index (χ2n) is 3.40. The molecule has 0 spiro atoms. The van der Waals surface area contributed by atoms with Crippen LogP contribution in [0.1, 0.15) is 34.8 Å². The zero-order valence-corrected chi connectivity index (χ0v) is 8.96. The summed E-state index contributed by atoms with van der Waals surface area (Å²) in [6.45, 7) is 4.13. The van der Waals surface area contributed by atoms with Crippen LogP contribution in [0.25, 0.3) is 0 Å². The van der Waals surface area contributed by atoms with E-state index in [-0.39, 0.29) is 5.97 Å². The van der Waals surface area contributed by atoms with Crippen molar-refractivity contribution in [3.8, 4) is 0 Å². The Kier molecular flexibility index (Phi) is 3.69. The van der Waals surface area contributed by atoms with Gasteiger partial charge < -0.3 is 4.74 Å². The first-order valence-corrected chi connectivity index (χ1v) is 4.87. The lowest BCUT2D eigenvalue weighted by molar-refractivity contribution is 0.0599. The Morgan fingerprint density at radius 1 is 1.43 bits per heavy atom. The van der Waals surface area contributed by atoms with Gasteiger partial charge in [0.2, 0.25) is 0 Å². The lowest BCUT2D eigenvalue weighted by atomic mass is 10.0. The van der Waals surface area contributed by atoms with Crippen molar-refractivity contribution in [2.75, 3.05) is 7.11 Å². The fourth-order valence-electron chi connectivity index (χ4n) is 1.51. The minimum absolute atomic E-state index is 0.242. The molecule has 0 amide bonds. The summed E-state index contributed by atoms with van der Waals surface area (Å²) < 4.78 is 4.72. The first-order valence-electron chi connectivity index (χ1n) is 4.87. The number of hydrogen-bond donors (Lipinski definition) is 0. The number of methoxy groups -OCH3 is 1. The van der Waals surface area contributed by atoms with Gasteiger partial charge in [-0.2, -0.15) is 0 Å². The maximum Gasteiger partial charge on any atom is 0.338 e. The van der Waals surface area contributed by atoms with Crippen molar-refractivity contribution in [1.82, 2.24) is 0 Å². The van der Waals surface area contributed by atoms with Gasteiger partial charge in [-0.3, -0.25) is 0 Å². The van der Waals surface area contributed by atoms with Crippen LogP contribution in [0.4, 0.5) is 0 Å². The standard InChI is InChI=1S/C12H16O2/c1-4-5-10-8-9(2)6-7-11(10)12(13)14-3/h6-8H,4-5H2,1-3H3. The van der Waals surface area contributed by atoms with Crippen LogP contribution in [-0.4, -0.2) is 13.1 Å². The molecular weight excluding hydrogens is 176 g/mol. The van der Waals surface area contributed by atoms with Crippen LogP contribution in [-0.2, 0) is 11.2 Å². The molecule has 0 fully saturated rings. The van der Waals surface area contributed by atoms with Gasteiger partial charge >= 0.3 is 5.97 Å². The number of ether oxygens (including phenoxy) is 1. The number of esters is 1. The molecule has 0 aliphatic rings. The average Bonchev–Trinajstić information content (AvgIpc) is 2.17. The van der Waals surface area contributed by atoms with Crippen LogP contribution in [0.3, 0.4) is 0 Å². The maximum absolute atomic E-state index is 11.4. The summed E-state index contributed by atoms with van der Waals surface area (Å²) in [5, 5.41) is 0. The van der Waals surface area contributed by atoms with E-state index in [1.165, 1.54) is 12.7 Å². The summed E-state index contributed by atoms with van der Waals surface area (Å²) in [6, 6.07) is 5.83. The molecule has 1 aromatic rings. The molecule has 2 nitrogen and oxygen atoms in total. The summed E-state index contributed by atoms with van der Waals surface area (Å²) in [5.41, 5.74) is 2.96. The summed E-state index contributed by atoms with van der Waals surface area (Å²) in [6.07, 6.45) is 1.96. The molecule has 1 rings (SSSR count). The van der Waals surface area contributed by atoms with Gasteiger partial charge in [-0.05, 0) is 25.0 Å². The summed E-state index contributed by atoms with van der Waals surface area (Å²) in [5.74, 6) is -0.242. The normalized spacial score (nSPS) is 9.93. The Morgan fingerprint density at radius 2 is 2.14 bits per heavy atom. The van der Waals surface area contributed by atoms with E-state index in [2.05, 4.69) is 13.0 Å². The smallest absolute Gasteiger partial charge is 0.338 e. The quantitative estimate of drug-likeness (QED) is 0.688. The number of hydrogen-bond acceptors (Lipinski definition) is 2. The first kappa shape index (κ1) is 10.8. The Labute approximate surface area is 84.9 Å². The van der Waals surface area contributed by atoms with E-state index in [0.717, 1.165) is 18.4 Å². The molecule has 0 N–H and O–H groups in total. The fourth-order valence-corrected chi connectivity index (χ4v) is 1.51. The van der Waals surface area contributed by atoms with Gasteiger partial charge in [0.05, 0.1) is 12.7 Å². The number of carbonyl (C=O) groups is 1. The molecule has 0 aromatic heterocycles. The van der Waals surface area contributed by atoms with Crippen molar-refractivity contribution < 1.29 is 9.53 Å². The van der Waals surface area contributed by atoms with Crippen LogP contribution < -0.4 is 0 Å². The molecule has 0 bridgehead atoms.